The van der Waals surface area contributed by atoms with Crippen molar-refractivity contribution in [3.05, 3.63) is 29.8 Å². The van der Waals surface area contributed by atoms with Gasteiger partial charge in [0.1, 0.15) is 5.60 Å². The molecule has 0 saturated heterocycles. The van der Waals surface area contributed by atoms with Gasteiger partial charge >= 0.3 is 12.2 Å². The van der Waals surface area contributed by atoms with Crippen molar-refractivity contribution in [2.24, 2.45) is 4.99 Å². The van der Waals surface area contributed by atoms with Crippen molar-refractivity contribution < 1.29 is 19.1 Å². The molecule has 0 aliphatic carbocycles. The van der Waals surface area contributed by atoms with E-state index in [-0.39, 0.29) is 0 Å². The van der Waals surface area contributed by atoms with E-state index in [1.807, 2.05) is 53.7 Å². The van der Waals surface area contributed by atoms with E-state index in [1.165, 1.54) is 7.11 Å². The van der Waals surface area contributed by atoms with E-state index < -0.39 is 23.3 Å². The fourth-order valence-corrected chi connectivity index (χ4v) is 2.30. The van der Waals surface area contributed by atoms with Crippen LogP contribution in [0.15, 0.2) is 29.3 Å². The summed E-state index contributed by atoms with van der Waals surface area (Å²) in [5.41, 5.74) is 0.536. The number of nitrogens with zero attached hydrogens (tertiary/aromatic N) is 1. The first kappa shape index (κ1) is 25.1. The summed E-state index contributed by atoms with van der Waals surface area (Å²) in [5.74, 6) is 0.633. The van der Waals surface area contributed by atoms with Crippen LogP contribution in [0.25, 0.3) is 0 Å². The van der Waals surface area contributed by atoms with Crippen LogP contribution in [0.2, 0.25) is 0 Å². The molecule has 0 atom stereocenters. The number of hydrogen-bond acceptors (Lipinski definition) is 5. The standard InChI is InChI=1S/C21H35N5O4/c1-8-22-17(24-14-21(5,6)26-19(28)30-20(2,3)4)23-13-15-9-11-16(12-10-15)25-18(27)29-7/h9-12H,8,13-14H2,1-7H3,(H,25,27)(H,26,28)(H2,22,23,24). The number of guanidine groups is 1. The molecule has 0 aromatic heterocycles. The average molecular weight is 422 g/mol. The number of anilines is 1. The highest BCUT2D eigenvalue weighted by Crippen LogP contribution is 2.11. The lowest BCUT2D eigenvalue weighted by molar-refractivity contribution is 0.0474. The van der Waals surface area contributed by atoms with E-state index in [4.69, 9.17) is 4.74 Å². The molecule has 4 N–H and O–H groups in total. The SMILES string of the molecule is CCNC(=NCc1ccc(NC(=O)OC)cc1)NCC(C)(C)NC(=O)OC(C)(C)C. The molecule has 0 aliphatic heterocycles. The lowest BCUT2D eigenvalue weighted by atomic mass is 10.1. The molecule has 30 heavy (non-hydrogen) atoms. The Balaban J connectivity index is 2.65. The zero-order valence-corrected chi connectivity index (χ0v) is 19.0. The Morgan fingerprint density at radius 3 is 2.17 bits per heavy atom. The molecule has 0 heterocycles. The highest BCUT2D eigenvalue weighted by molar-refractivity contribution is 5.84. The van der Waals surface area contributed by atoms with Gasteiger partial charge in [-0.25, -0.2) is 14.6 Å². The van der Waals surface area contributed by atoms with E-state index in [0.717, 1.165) is 5.56 Å². The predicted molar refractivity (Wildman–Crippen MR) is 119 cm³/mol. The van der Waals surface area contributed by atoms with Crippen molar-refractivity contribution in [2.45, 2.75) is 59.2 Å². The molecule has 168 valence electrons. The van der Waals surface area contributed by atoms with Gasteiger partial charge in [0.25, 0.3) is 0 Å². The van der Waals surface area contributed by atoms with Crippen LogP contribution in [0, 0.1) is 0 Å². The van der Waals surface area contributed by atoms with E-state index in [2.05, 4.69) is 31.0 Å². The molecule has 0 aliphatic rings. The number of aliphatic imine (C=N–C) groups is 1. The maximum absolute atomic E-state index is 12.0. The average Bonchev–Trinajstić information content (AvgIpc) is 2.63. The summed E-state index contributed by atoms with van der Waals surface area (Å²) in [4.78, 5) is 27.8. The lowest BCUT2D eigenvalue weighted by Crippen LogP contribution is -2.54. The Morgan fingerprint density at radius 1 is 1.00 bits per heavy atom. The summed E-state index contributed by atoms with van der Waals surface area (Å²) in [6.07, 6.45) is -0.973. The number of amides is 2. The van der Waals surface area contributed by atoms with Gasteiger partial charge in [-0.15, -0.1) is 0 Å². The molecular weight excluding hydrogens is 386 g/mol. The minimum atomic E-state index is -0.550. The van der Waals surface area contributed by atoms with Gasteiger partial charge < -0.3 is 25.4 Å². The first-order chi connectivity index (χ1) is 13.9. The van der Waals surface area contributed by atoms with Gasteiger partial charge in [0.15, 0.2) is 5.96 Å². The van der Waals surface area contributed by atoms with Crippen molar-refractivity contribution in [1.29, 1.82) is 0 Å². The number of alkyl carbamates (subject to hydrolysis) is 1. The Hall–Kier alpha value is -2.97. The zero-order valence-electron chi connectivity index (χ0n) is 19.0. The highest BCUT2D eigenvalue weighted by atomic mass is 16.6. The van der Waals surface area contributed by atoms with Crippen LogP contribution in [-0.4, -0.2) is 49.5 Å². The largest absolute Gasteiger partial charge is 0.453 e. The molecule has 0 unspecified atom stereocenters. The van der Waals surface area contributed by atoms with Crippen LogP contribution in [0.1, 0.15) is 47.1 Å². The number of ether oxygens (including phenoxy) is 2. The number of benzene rings is 1. The van der Waals surface area contributed by atoms with Crippen LogP contribution >= 0.6 is 0 Å². The Kier molecular flexibility index (Phi) is 9.42. The van der Waals surface area contributed by atoms with E-state index in [9.17, 15) is 9.59 Å². The molecule has 0 radical (unpaired) electrons. The van der Waals surface area contributed by atoms with Crippen LogP contribution in [0.4, 0.5) is 15.3 Å². The summed E-state index contributed by atoms with van der Waals surface area (Å²) < 4.78 is 9.89. The molecule has 0 spiro atoms. The Bertz CT molecular complexity index is 724. The Labute approximate surface area is 179 Å². The number of hydrogen-bond donors (Lipinski definition) is 4. The number of methoxy groups -OCH3 is 1. The highest BCUT2D eigenvalue weighted by Gasteiger charge is 2.24. The van der Waals surface area contributed by atoms with Gasteiger partial charge in [-0.3, -0.25) is 5.32 Å². The van der Waals surface area contributed by atoms with Gasteiger partial charge in [-0.05, 0) is 59.2 Å². The molecule has 0 fully saturated rings. The van der Waals surface area contributed by atoms with Crippen molar-refractivity contribution in [3.8, 4) is 0 Å². The predicted octanol–water partition coefficient (Wildman–Crippen LogP) is 3.22. The van der Waals surface area contributed by atoms with Crippen molar-refractivity contribution >= 4 is 23.8 Å². The zero-order chi connectivity index (χ0) is 22.8. The molecule has 9 nitrogen and oxygen atoms in total. The number of nitrogens with one attached hydrogen (secondary N) is 4. The van der Waals surface area contributed by atoms with Crippen LogP contribution in [0.3, 0.4) is 0 Å². The van der Waals surface area contributed by atoms with Crippen molar-refractivity contribution in [2.75, 3.05) is 25.5 Å². The second-order valence-corrected chi connectivity index (χ2v) is 8.37. The molecule has 1 rings (SSSR count). The third-order valence-electron chi connectivity index (χ3n) is 3.69. The topological polar surface area (TPSA) is 113 Å². The van der Waals surface area contributed by atoms with Gasteiger partial charge in [0, 0.05) is 18.8 Å². The first-order valence-electron chi connectivity index (χ1n) is 9.91. The maximum Gasteiger partial charge on any atom is 0.411 e. The van der Waals surface area contributed by atoms with E-state index >= 15 is 0 Å². The fourth-order valence-electron chi connectivity index (χ4n) is 2.30. The number of carbonyl (C=O) groups excluding carboxylic acids is 2. The Morgan fingerprint density at radius 2 is 1.63 bits per heavy atom. The number of carbonyl (C=O) groups is 2. The third kappa shape index (κ3) is 10.5. The monoisotopic (exact) mass is 421 g/mol. The molecule has 9 heteroatoms. The fraction of sp³-hybridized carbons (Fsp3) is 0.571. The molecule has 0 bridgehead atoms. The molecular formula is C21H35N5O4. The summed E-state index contributed by atoms with van der Waals surface area (Å²) in [6.45, 7) is 12.9. The van der Waals surface area contributed by atoms with Gasteiger partial charge in [0.2, 0.25) is 0 Å². The van der Waals surface area contributed by atoms with E-state index in [0.29, 0.717) is 31.3 Å². The van der Waals surface area contributed by atoms with Gasteiger partial charge in [0.05, 0.1) is 19.2 Å². The van der Waals surface area contributed by atoms with Gasteiger partial charge in [-0.2, -0.15) is 0 Å². The minimum absolute atomic E-state index is 0.452. The van der Waals surface area contributed by atoms with Crippen LogP contribution in [-0.2, 0) is 16.0 Å². The first-order valence-corrected chi connectivity index (χ1v) is 9.91. The molecule has 1 aromatic rings. The summed E-state index contributed by atoms with van der Waals surface area (Å²) in [6, 6.07) is 7.34. The van der Waals surface area contributed by atoms with Crippen molar-refractivity contribution in [1.82, 2.24) is 16.0 Å². The second-order valence-electron chi connectivity index (χ2n) is 8.37. The van der Waals surface area contributed by atoms with Crippen LogP contribution in [0.5, 0.6) is 0 Å². The summed E-state index contributed by atoms with van der Waals surface area (Å²) >= 11 is 0. The molecule has 0 saturated carbocycles. The third-order valence-corrected chi connectivity index (χ3v) is 3.69. The summed E-state index contributed by atoms with van der Waals surface area (Å²) in [7, 11) is 1.32. The van der Waals surface area contributed by atoms with Crippen molar-refractivity contribution in [3.63, 3.8) is 0 Å². The van der Waals surface area contributed by atoms with Gasteiger partial charge in [-0.1, -0.05) is 12.1 Å². The lowest BCUT2D eigenvalue weighted by Gasteiger charge is -2.29. The summed E-state index contributed by atoms with van der Waals surface area (Å²) in [5, 5.41) is 11.9. The van der Waals surface area contributed by atoms with Crippen LogP contribution < -0.4 is 21.3 Å². The normalized spacial score (nSPS) is 12.0. The maximum atomic E-state index is 12.0. The second kappa shape index (κ2) is 11.3. The quantitative estimate of drug-likeness (QED) is 0.397. The molecule has 1 aromatic carbocycles. The minimum Gasteiger partial charge on any atom is -0.453 e. The van der Waals surface area contributed by atoms with E-state index in [1.54, 1.807) is 12.1 Å². The smallest absolute Gasteiger partial charge is 0.411 e. The number of rotatable bonds is 7. The molecule has 2 amide bonds.